The van der Waals surface area contributed by atoms with Gasteiger partial charge in [-0.05, 0) is 53.8 Å². The summed E-state index contributed by atoms with van der Waals surface area (Å²) >= 11 is 6.05. The number of esters is 2. The molecule has 2 unspecified atom stereocenters. The number of carbonyl (C=O) groups excluding carboxylic acids is 2. The van der Waals surface area contributed by atoms with E-state index in [-0.39, 0.29) is 12.5 Å². The number of aliphatic hydroxyl groups is 1. The lowest BCUT2D eigenvalue weighted by Gasteiger charge is -2.35. The predicted octanol–water partition coefficient (Wildman–Crippen LogP) is 4.24. The lowest BCUT2D eigenvalue weighted by Crippen LogP contribution is -2.59. The first-order valence-corrected chi connectivity index (χ1v) is 12.9. The topological polar surface area (TPSA) is 88.1 Å². The van der Waals surface area contributed by atoms with Crippen LogP contribution in [0.3, 0.4) is 0 Å². The number of nitrogens with zero attached hydrogens (tertiary/aromatic N) is 1. The fraction of sp³-hybridized carbons (Fsp3) is 0.333. The first kappa shape index (κ1) is 27.6. The van der Waals surface area contributed by atoms with E-state index in [1.165, 1.54) is 14.2 Å². The van der Waals surface area contributed by atoms with Crippen molar-refractivity contribution in [2.45, 2.75) is 44.0 Å². The van der Waals surface area contributed by atoms with Crippen LogP contribution < -0.4 is 10.2 Å². The van der Waals surface area contributed by atoms with Crippen molar-refractivity contribution in [2.75, 3.05) is 25.7 Å². The van der Waals surface area contributed by atoms with Crippen molar-refractivity contribution in [1.82, 2.24) is 5.32 Å². The summed E-state index contributed by atoms with van der Waals surface area (Å²) in [6.07, 6.45) is 0.165. The molecular formula is C30H33ClN2O5. The number of halogens is 1. The summed E-state index contributed by atoms with van der Waals surface area (Å²) < 4.78 is 10.3. The number of methoxy groups -OCH3 is 2. The van der Waals surface area contributed by atoms with Gasteiger partial charge < -0.3 is 24.8 Å². The van der Waals surface area contributed by atoms with Gasteiger partial charge in [0.25, 0.3) is 0 Å². The third kappa shape index (κ3) is 5.70. The molecule has 3 aromatic rings. The number of hydrogen-bond donors (Lipinski definition) is 2. The molecule has 2 N–H and O–H groups in total. The van der Waals surface area contributed by atoms with Gasteiger partial charge in [0, 0.05) is 36.3 Å². The van der Waals surface area contributed by atoms with E-state index in [9.17, 15) is 14.7 Å². The van der Waals surface area contributed by atoms with Crippen LogP contribution in [0.4, 0.5) is 5.69 Å². The monoisotopic (exact) mass is 536 g/mol. The molecule has 8 heteroatoms. The van der Waals surface area contributed by atoms with Crippen molar-refractivity contribution in [3.63, 3.8) is 0 Å². The maximum Gasteiger partial charge on any atom is 0.343 e. The fourth-order valence-corrected chi connectivity index (χ4v) is 5.29. The molecular weight excluding hydrogens is 504 g/mol. The largest absolute Gasteiger partial charge is 0.467 e. The van der Waals surface area contributed by atoms with Gasteiger partial charge in [-0.2, -0.15) is 0 Å². The molecule has 200 valence electrons. The normalized spacial score (nSPS) is 15.4. The Hall–Kier alpha value is -3.39. The minimum atomic E-state index is -1.61. The van der Waals surface area contributed by atoms with Crippen LogP contribution in [-0.4, -0.2) is 49.4 Å². The van der Waals surface area contributed by atoms with Gasteiger partial charge in [0.15, 0.2) is 0 Å². The van der Waals surface area contributed by atoms with E-state index in [1.807, 2.05) is 67.6 Å². The van der Waals surface area contributed by atoms with Crippen molar-refractivity contribution in [3.8, 4) is 0 Å². The summed E-state index contributed by atoms with van der Waals surface area (Å²) in [5.74, 6) is -1.30. The van der Waals surface area contributed by atoms with Gasteiger partial charge in [0.1, 0.15) is 0 Å². The molecule has 3 aromatic carbocycles. The summed E-state index contributed by atoms with van der Waals surface area (Å²) in [6, 6.07) is 22.9. The van der Waals surface area contributed by atoms with Gasteiger partial charge in [-0.1, -0.05) is 66.2 Å². The van der Waals surface area contributed by atoms with Gasteiger partial charge in [0.05, 0.1) is 20.3 Å². The molecule has 0 spiro atoms. The number of benzene rings is 3. The Labute approximate surface area is 228 Å². The van der Waals surface area contributed by atoms with Crippen molar-refractivity contribution >= 4 is 29.2 Å². The minimum absolute atomic E-state index is 0.0645. The number of ether oxygens (including phenoxy) is 2. The highest BCUT2D eigenvalue weighted by molar-refractivity contribution is 6.30. The summed E-state index contributed by atoms with van der Waals surface area (Å²) in [5.41, 5.74) is 2.83. The maximum atomic E-state index is 13.1. The zero-order valence-electron chi connectivity index (χ0n) is 21.8. The Balaban J connectivity index is 1.54. The molecule has 7 nitrogen and oxygen atoms in total. The Morgan fingerprint density at radius 2 is 1.71 bits per heavy atom. The molecule has 0 aliphatic carbocycles. The van der Waals surface area contributed by atoms with Crippen molar-refractivity contribution in [2.24, 2.45) is 0 Å². The number of aliphatic hydroxyl groups excluding tert-OH is 1. The number of hydrogen-bond acceptors (Lipinski definition) is 7. The fourth-order valence-electron chi connectivity index (χ4n) is 5.09. The van der Waals surface area contributed by atoms with Gasteiger partial charge in [0.2, 0.25) is 5.54 Å². The summed E-state index contributed by atoms with van der Waals surface area (Å²) in [5, 5.41) is 14.5. The third-order valence-electron chi connectivity index (χ3n) is 7.01. The second-order valence-electron chi connectivity index (χ2n) is 9.64. The Morgan fingerprint density at radius 3 is 2.37 bits per heavy atom. The number of nitrogens with one attached hydrogen (secondary N) is 1. The number of rotatable bonds is 10. The SMILES string of the molecule is COC(=O)C1(C(=O)OC)Cc2cc(CC(C)NCC(O)c3cccc(Cl)c3)ccc2N1Cc1ccccc1. The van der Waals surface area contributed by atoms with Gasteiger partial charge >= 0.3 is 11.9 Å². The number of fused-ring (bicyclic) bond motifs is 1. The van der Waals surface area contributed by atoms with E-state index >= 15 is 0 Å². The Bertz CT molecular complexity index is 1270. The molecule has 0 amide bonds. The van der Waals surface area contributed by atoms with E-state index in [2.05, 4.69) is 5.32 Å². The molecule has 2 atom stereocenters. The van der Waals surface area contributed by atoms with Crippen LogP contribution >= 0.6 is 11.6 Å². The van der Waals surface area contributed by atoms with Crippen LogP contribution in [-0.2, 0) is 38.4 Å². The first-order valence-electron chi connectivity index (χ1n) is 12.6. The number of anilines is 1. The smallest absolute Gasteiger partial charge is 0.343 e. The van der Waals surface area contributed by atoms with E-state index in [0.29, 0.717) is 24.5 Å². The van der Waals surface area contributed by atoms with Crippen LogP contribution in [0.15, 0.2) is 72.8 Å². The first-order chi connectivity index (χ1) is 18.3. The van der Waals surface area contributed by atoms with Gasteiger partial charge in [-0.25, -0.2) is 9.59 Å². The summed E-state index contributed by atoms with van der Waals surface area (Å²) in [4.78, 5) is 28.1. The van der Waals surface area contributed by atoms with Gasteiger partial charge in [-0.15, -0.1) is 0 Å². The highest BCUT2D eigenvalue weighted by Crippen LogP contribution is 2.42. The van der Waals surface area contributed by atoms with Crippen LogP contribution in [0.1, 0.15) is 35.3 Å². The van der Waals surface area contributed by atoms with Crippen molar-refractivity contribution < 1.29 is 24.2 Å². The van der Waals surface area contributed by atoms with Crippen LogP contribution in [0.25, 0.3) is 0 Å². The predicted molar refractivity (Wildman–Crippen MR) is 147 cm³/mol. The molecule has 0 radical (unpaired) electrons. The molecule has 4 rings (SSSR count). The Kier molecular flexibility index (Phi) is 8.72. The van der Waals surface area contributed by atoms with Crippen LogP contribution in [0.2, 0.25) is 5.02 Å². The van der Waals surface area contributed by atoms with Crippen LogP contribution in [0, 0.1) is 0 Å². The third-order valence-corrected chi connectivity index (χ3v) is 7.24. The lowest BCUT2D eigenvalue weighted by molar-refractivity contribution is -0.161. The summed E-state index contributed by atoms with van der Waals surface area (Å²) in [6.45, 7) is 2.77. The molecule has 1 aliphatic heterocycles. The van der Waals surface area contributed by atoms with E-state index in [1.54, 1.807) is 17.0 Å². The molecule has 0 fully saturated rings. The lowest BCUT2D eigenvalue weighted by atomic mass is 9.92. The quantitative estimate of drug-likeness (QED) is 0.296. The van der Waals surface area contributed by atoms with E-state index < -0.39 is 23.6 Å². The van der Waals surface area contributed by atoms with E-state index in [0.717, 1.165) is 27.9 Å². The Morgan fingerprint density at radius 1 is 1.00 bits per heavy atom. The standard InChI is InChI=1S/C30H33ClN2O5/c1-20(32-18-27(34)23-10-7-11-25(31)16-23)14-22-12-13-26-24(15-22)17-30(28(35)37-2,29(36)38-3)33(26)19-21-8-5-4-6-9-21/h4-13,15-16,20,27,32,34H,14,17-19H2,1-3H3. The molecule has 1 aliphatic rings. The molecule has 38 heavy (non-hydrogen) atoms. The average molecular weight is 537 g/mol. The number of carbonyl (C=O) groups is 2. The average Bonchev–Trinajstić information content (AvgIpc) is 3.25. The molecule has 0 bridgehead atoms. The summed E-state index contributed by atoms with van der Waals surface area (Å²) in [7, 11) is 2.57. The minimum Gasteiger partial charge on any atom is -0.467 e. The second kappa shape index (κ2) is 12.0. The van der Waals surface area contributed by atoms with Crippen molar-refractivity contribution in [3.05, 3.63) is 100 Å². The van der Waals surface area contributed by atoms with Gasteiger partial charge in [-0.3, -0.25) is 0 Å². The molecule has 0 aromatic heterocycles. The maximum absolute atomic E-state index is 13.1. The molecule has 0 saturated carbocycles. The zero-order chi connectivity index (χ0) is 27.3. The highest BCUT2D eigenvalue weighted by Gasteiger charge is 2.58. The van der Waals surface area contributed by atoms with E-state index in [4.69, 9.17) is 21.1 Å². The second-order valence-corrected chi connectivity index (χ2v) is 10.1. The van der Waals surface area contributed by atoms with Crippen LogP contribution in [0.5, 0.6) is 0 Å². The highest BCUT2D eigenvalue weighted by atomic mass is 35.5. The zero-order valence-corrected chi connectivity index (χ0v) is 22.6. The molecule has 0 saturated heterocycles. The van der Waals surface area contributed by atoms with Crippen molar-refractivity contribution in [1.29, 1.82) is 0 Å². The molecule has 1 heterocycles.